The van der Waals surface area contributed by atoms with E-state index in [0.717, 1.165) is 22.7 Å². The summed E-state index contributed by atoms with van der Waals surface area (Å²) in [7, 11) is 0. The first-order valence-electron chi connectivity index (χ1n) is 6.84. The van der Waals surface area contributed by atoms with Crippen molar-refractivity contribution in [1.82, 2.24) is 0 Å². The van der Waals surface area contributed by atoms with E-state index in [1.807, 2.05) is 56.3 Å². The van der Waals surface area contributed by atoms with Crippen LogP contribution >= 0.6 is 11.8 Å². The van der Waals surface area contributed by atoms with Gasteiger partial charge in [-0.25, -0.2) is 0 Å². The van der Waals surface area contributed by atoms with E-state index in [2.05, 4.69) is 5.32 Å². The topological polar surface area (TPSA) is 55.1 Å². The first-order valence-corrected chi connectivity index (χ1v) is 8.00. The largest absolute Gasteiger partial charge is 0.399 e. The minimum Gasteiger partial charge on any atom is -0.399 e. The van der Waals surface area contributed by atoms with Crippen molar-refractivity contribution in [3.63, 3.8) is 0 Å². The number of amides is 1. The lowest BCUT2D eigenvalue weighted by Gasteiger charge is -2.10. The highest BCUT2D eigenvalue weighted by atomic mass is 32.2. The molecule has 0 unspecified atom stereocenters. The van der Waals surface area contributed by atoms with Crippen LogP contribution in [-0.2, 0) is 10.5 Å². The monoisotopic (exact) mass is 300 g/mol. The van der Waals surface area contributed by atoms with Gasteiger partial charge < -0.3 is 11.1 Å². The zero-order valence-electron chi connectivity index (χ0n) is 12.3. The molecular formula is C17H20N2OS. The number of anilines is 2. The summed E-state index contributed by atoms with van der Waals surface area (Å²) in [6.45, 7) is 4.06. The molecule has 2 aromatic carbocycles. The lowest BCUT2D eigenvalue weighted by molar-refractivity contribution is -0.113. The summed E-state index contributed by atoms with van der Waals surface area (Å²) in [5, 5.41) is 2.97. The number of benzene rings is 2. The molecule has 3 N–H and O–H groups in total. The molecule has 110 valence electrons. The standard InChI is InChI=1S/C17H20N2OS/c1-12-4-3-5-16(13(12)2)19-17(20)11-21-10-14-6-8-15(18)9-7-14/h3-9H,10-11,18H2,1-2H3,(H,19,20). The highest BCUT2D eigenvalue weighted by molar-refractivity contribution is 7.99. The van der Waals surface area contributed by atoms with E-state index in [0.29, 0.717) is 5.75 Å². The van der Waals surface area contributed by atoms with Gasteiger partial charge in [-0.15, -0.1) is 11.8 Å². The molecule has 2 rings (SSSR count). The van der Waals surface area contributed by atoms with Crippen LogP contribution in [0.25, 0.3) is 0 Å². The van der Waals surface area contributed by atoms with Crippen molar-refractivity contribution >= 4 is 29.0 Å². The molecule has 0 heterocycles. The van der Waals surface area contributed by atoms with E-state index in [1.165, 1.54) is 11.1 Å². The van der Waals surface area contributed by atoms with Crippen LogP contribution in [0, 0.1) is 13.8 Å². The summed E-state index contributed by atoms with van der Waals surface area (Å²) in [5.74, 6) is 1.28. The van der Waals surface area contributed by atoms with E-state index in [4.69, 9.17) is 5.73 Å². The van der Waals surface area contributed by atoms with Gasteiger partial charge in [0.15, 0.2) is 0 Å². The predicted molar refractivity (Wildman–Crippen MR) is 91.6 cm³/mol. The van der Waals surface area contributed by atoms with Crippen LogP contribution in [0.15, 0.2) is 42.5 Å². The molecule has 1 amide bonds. The Bertz CT molecular complexity index is 623. The summed E-state index contributed by atoms with van der Waals surface area (Å²) in [6.07, 6.45) is 0. The van der Waals surface area contributed by atoms with Gasteiger partial charge in [0.05, 0.1) is 5.75 Å². The number of rotatable bonds is 5. The third-order valence-electron chi connectivity index (χ3n) is 3.36. The van der Waals surface area contributed by atoms with Crippen LogP contribution in [0.4, 0.5) is 11.4 Å². The minimum atomic E-state index is 0.0316. The highest BCUT2D eigenvalue weighted by Crippen LogP contribution is 2.19. The zero-order chi connectivity index (χ0) is 15.2. The molecule has 0 atom stereocenters. The second-order valence-corrected chi connectivity index (χ2v) is 6.02. The SMILES string of the molecule is Cc1cccc(NC(=O)CSCc2ccc(N)cc2)c1C. The third-order valence-corrected chi connectivity index (χ3v) is 4.36. The molecule has 0 fully saturated rings. The highest BCUT2D eigenvalue weighted by Gasteiger charge is 2.06. The molecule has 0 aliphatic heterocycles. The number of hydrogen-bond donors (Lipinski definition) is 2. The lowest BCUT2D eigenvalue weighted by Crippen LogP contribution is -2.15. The fourth-order valence-corrected chi connectivity index (χ4v) is 2.74. The molecule has 4 heteroatoms. The number of nitrogens with one attached hydrogen (secondary N) is 1. The van der Waals surface area contributed by atoms with Gasteiger partial charge in [0.25, 0.3) is 0 Å². The van der Waals surface area contributed by atoms with Gasteiger partial charge in [-0.05, 0) is 48.7 Å². The number of nitrogen functional groups attached to an aromatic ring is 1. The average Bonchev–Trinajstić information content (AvgIpc) is 2.46. The Morgan fingerprint density at radius 2 is 1.86 bits per heavy atom. The van der Waals surface area contributed by atoms with Gasteiger partial charge in [0, 0.05) is 17.1 Å². The first kappa shape index (κ1) is 15.4. The van der Waals surface area contributed by atoms with Gasteiger partial charge in [-0.2, -0.15) is 0 Å². The number of nitrogens with two attached hydrogens (primary N) is 1. The molecule has 21 heavy (non-hydrogen) atoms. The maximum atomic E-state index is 12.0. The predicted octanol–water partition coefficient (Wildman–Crippen LogP) is 3.76. The van der Waals surface area contributed by atoms with E-state index in [9.17, 15) is 4.79 Å². The summed E-state index contributed by atoms with van der Waals surface area (Å²) < 4.78 is 0. The third kappa shape index (κ3) is 4.53. The molecule has 0 radical (unpaired) electrons. The first-order chi connectivity index (χ1) is 10.1. The van der Waals surface area contributed by atoms with Crippen molar-refractivity contribution in [2.45, 2.75) is 19.6 Å². The molecule has 0 spiro atoms. The van der Waals surface area contributed by atoms with Gasteiger partial charge in [0.1, 0.15) is 0 Å². The normalized spacial score (nSPS) is 10.4. The zero-order valence-corrected chi connectivity index (χ0v) is 13.2. The smallest absolute Gasteiger partial charge is 0.234 e. The quantitative estimate of drug-likeness (QED) is 0.827. The Hall–Kier alpha value is -1.94. The second kappa shape index (κ2) is 7.18. The van der Waals surface area contributed by atoms with Crippen molar-refractivity contribution in [3.8, 4) is 0 Å². The van der Waals surface area contributed by atoms with Crippen molar-refractivity contribution in [1.29, 1.82) is 0 Å². The van der Waals surface area contributed by atoms with E-state index < -0.39 is 0 Å². The fraction of sp³-hybridized carbons (Fsp3) is 0.235. The van der Waals surface area contributed by atoms with Gasteiger partial charge in [0.2, 0.25) is 5.91 Å². The Labute approximate surface area is 129 Å². The molecule has 3 nitrogen and oxygen atoms in total. The maximum Gasteiger partial charge on any atom is 0.234 e. The fourth-order valence-electron chi connectivity index (χ4n) is 1.95. The summed E-state index contributed by atoms with van der Waals surface area (Å²) in [6, 6.07) is 13.7. The Morgan fingerprint density at radius 3 is 2.57 bits per heavy atom. The van der Waals surface area contributed by atoms with Crippen LogP contribution in [0.5, 0.6) is 0 Å². The average molecular weight is 300 g/mol. The van der Waals surface area contributed by atoms with Crippen molar-refractivity contribution in [3.05, 3.63) is 59.2 Å². The van der Waals surface area contributed by atoms with E-state index >= 15 is 0 Å². The summed E-state index contributed by atoms with van der Waals surface area (Å²) in [4.78, 5) is 12.0. The molecule has 0 saturated carbocycles. The minimum absolute atomic E-state index is 0.0316. The molecule has 0 aromatic heterocycles. The van der Waals surface area contributed by atoms with Gasteiger partial charge >= 0.3 is 0 Å². The number of carbonyl (C=O) groups is 1. The lowest BCUT2D eigenvalue weighted by atomic mass is 10.1. The van der Waals surface area contributed by atoms with Gasteiger partial charge in [-0.3, -0.25) is 4.79 Å². The van der Waals surface area contributed by atoms with E-state index in [-0.39, 0.29) is 5.91 Å². The molecule has 0 bridgehead atoms. The molecule has 0 aliphatic rings. The number of carbonyl (C=O) groups excluding carboxylic acids is 1. The van der Waals surface area contributed by atoms with Crippen molar-refractivity contribution < 1.29 is 4.79 Å². The Kier molecular flexibility index (Phi) is 5.28. The number of aryl methyl sites for hydroxylation is 1. The van der Waals surface area contributed by atoms with Crippen LogP contribution in [0.3, 0.4) is 0 Å². The Balaban J connectivity index is 1.82. The Morgan fingerprint density at radius 1 is 1.14 bits per heavy atom. The van der Waals surface area contributed by atoms with Crippen molar-refractivity contribution in [2.24, 2.45) is 0 Å². The molecule has 0 saturated heterocycles. The van der Waals surface area contributed by atoms with Crippen LogP contribution < -0.4 is 11.1 Å². The second-order valence-electron chi connectivity index (χ2n) is 5.03. The van der Waals surface area contributed by atoms with Crippen LogP contribution in [0.1, 0.15) is 16.7 Å². The van der Waals surface area contributed by atoms with Crippen LogP contribution in [-0.4, -0.2) is 11.7 Å². The van der Waals surface area contributed by atoms with Crippen molar-refractivity contribution in [2.75, 3.05) is 16.8 Å². The number of thioether (sulfide) groups is 1. The maximum absolute atomic E-state index is 12.0. The number of hydrogen-bond acceptors (Lipinski definition) is 3. The molecule has 0 aliphatic carbocycles. The summed E-state index contributed by atoms with van der Waals surface area (Å²) in [5.41, 5.74) is 10.8. The van der Waals surface area contributed by atoms with E-state index in [1.54, 1.807) is 11.8 Å². The van der Waals surface area contributed by atoms with Crippen LogP contribution in [0.2, 0.25) is 0 Å². The summed E-state index contributed by atoms with van der Waals surface area (Å²) >= 11 is 1.60. The van der Waals surface area contributed by atoms with Gasteiger partial charge in [-0.1, -0.05) is 24.3 Å². The molecule has 2 aromatic rings. The molecular weight excluding hydrogens is 280 g/mol.